The van der Waals surface area contributed by atoms with E-state index in [1.807, 2.05) is 0 Å². The van der Waals surface area contributed by atoms with Gasteiger partial charge in [-0.25, -0.2) is 18.5 Å². The third-order valence-corrected chi connectivity index (χ3v) is 7.92. The molecule has 1 aliphatic carbocycles. The fourth-order valence-corrected chi connectivity index (χ4v) is 5.97. The Morgan fingerprint density at radius 1 is 1.12 bits per heavy atom. The van der Waals surface area contributed by atoms with Crippen molar-refractivity contribution in [3.8, 4) is 0 Å². The third-order valence-electron chi connectivity index (χ3n) is 5.84. The zero-order valence-corrected chi connectivity index (χ0v) is 19.4. The van der Waals surface area contributed by atoms with E-state index in [2.05, 4.69) is 4.99 Å². The van der Waals surface area contributed by atoms with Gasteiger partial charge < -0.3 is 0 Å². The number of hydrogen-bond acceptors (Lipinski definition) is 7. The van der Waals surface area contributed by atoms with Gasteiger partial charge in [-0.3, -0.25) is 19.8 Å². The van der Waals surface area contributed by atoms with Crippen LogP contribution in [0.4, 0.5) is 11.4 Å². The van der Waals surface area contributed by atoms with Gasteiger partial charge in [0.05, 0.1) is 20.8 Å². The number of non-ortho nitro benzene ring substituents is 1. The molecule has 1 heterocycles. The van der Waals surface area contributed by atoms with Crippen LogP contribution in [0.15, 0.2) is 58.4 Å². The highest BCUT2D eigenvalue weighted by Crippen LogP contribution is 2.37. The Kier molecular flexibility index (Phi) is 6.82. The van der Waals surface area contributed by atoms with Crippen molar-refractivity contribution in [1.29, 1.82) is 0 Å². The van der Waals surface area contributed by atoms with Crippen LogP contribution in [0.3, 0.4) is 0 Å². The van der Waals surface area contributed by atoms with Gasteiger partial charge in [0.15, 0.2) is 5.17 Å². The molecular formula is C22H24N4O5S2. The number of nitro benzene ring substituents is 1. The molecule has 2 aromatic rings. The lowest BCUT2D eigenvalue weighted by molar-refractivity contribution is -0.384. The number of amidine groups is 1. The minimum atomic E-state index is -3.80. The number of benzene rings is 2. The number of aliphatic imine (C=N–C) groups is 1. The van der Waals surface area contributed by atoms with Gasteiger partial charge in [0.1, 0.15) is 0 Å². The highest BCUT2D eigenvalue weighted by molar-refractivity contribution is 8.15. The first kappa shape index (κ1) is 23.4. The summed E-state index contributed by atoms with van der Waals surface area (Å²) < 4.78 is 23.0. The van der Waals surface area contributed by atoms with Gasteiger partial charge in [-0.1, -0.05) is 43.2 Å². The summed E-state index contributed by atoms with van der Waals surface area (Å²) >= 11 is 1.35. The summed E-state index contributed by atoms with van der Waals surface area (Å²) in [6.07, 6.45) is 5.40. The minimum absolute atomic E-state index is 0.00378. The second-order valence-corrected chi connectivity index (χ2v) is 10.9. The predicted octanol–water partition coefficient (Wildman–Crippen LogP) is 3.75. The van der Waals surface area contributed by atoms with Crippen LogP contribution in [0.25, 0.3) is 0 Å². The van der Waals surface area contributed by atoms with Gasteiger partial charge in [0.25, 0.3) is 5.69 Å². The van der Waals surface area contributed by atoms with Crippen molar-refractivity contribution in [3.63, 3.8) is 0 Å². The van der Waals surface area contributed by atoms with Gasteiger partial charge >= 0.3 is 0 Å². The third kappa shape index (κ3) is 5.43. The number of sulfonamides is 1. The highest BCUT2D eigenvalue weighted by Gasteiger charge is 2.42. The predicted molar refractivity (Wildman–Crippen MR) is 127 cm³/mol. The number of carbonyl (C=O) groups excluding carboxylic acids is 1. The van der Waals surface area contributed by atoms with Crippen LogP contribution in [0, 0.1) is 10.1 Å². The minimum Gasteiger partial charge on any atom is -0.287 e. The second-order valence-electron chi connectivity index (χ2n) is 8.17. The number of rotatable bonds is 6. The molecule has 0 spiro atoms. The van der Waals surface area contributed by atoms with E-state index in [0.29, 0.717) is 17.3 Å². The van der Waals surface area contributed by atoms with Crippen molar-refractivity contribution in [2.45, 2.75) is 54.7 Å². The van der Waals surface area contributed by atoms with E-state index in [0.717, 1.165) is 37.7 Å². The van der Waals surface area contributed by atoms with Crippen molar-refractivity contribution < 1.29 is 18.1 Å². The lowest BCUT2D eigenvalue weighted by Gasteiger charge is -2.30. The van der Waals surface area contributed by atoms with Crippen LogP contribution >= 0.6 is 11.8 Å². The van der Waals surface area contributed by atoms with E-state index >= 15 is 0 Å². The quantitative estimate of drug-likeness (QED) is 0.486. The van der Waals surface area contributed by atoms with Gasteiger partial charge in [-0.15, -0.1) is 0 Å². The normalized spacial score (nSPS) is 21.0. The molecule has 2 fully saturated rings. The van der Waals surface area contributed by atoms with Crippen LogP contribution in [0.2, 0.25) is 0 Å². The number of amides is 1. The molecule has 4 rings (SSSR count). The maximum atomic E-state index is 13.4. The Hall–Kier alpha value is -2.76. The largest absolute Gasteiger partial charge is 0.287 e. The SMILES string of the molecule is NS(=O)(=O)c1ccc(N=C2SC(Cc3cccc([N+](=O)[O-])c3)C(=O)N2C2CCCCC2)cc1. The average Bonchev–Trinajstić information content (AvgIpc) is 3.08. The van der Waals surface area contributed by atoms with E-state index in [4.69, 9.17) is 5.14 Å². The number of nitro groups is 1. The summed E-state index contributed by atoms with van der Waals surface area (Å²) in [7, 11) is -3.80. The van der Waals surface area contributed by atoms with Gasteiger partial charge in [-0.2, -0.15) is 0 Å². The number of thioether (sulfide) groups is 1. The zero-order chi connectivity index (χ0) is 23.6. The maximum absolute atomic E-state index is 13.4. The topological polar surface area (TPSA) is 136 Å². The molecule has 11 heteroatoms. The summed E-state index contributed by atoms with van der Waals surface area (Å²) in [4.78, 5) is 30.5. The molecule has 1 atom stereocenters. The lowest BCUT2D eigenvalue weighted by Crippen LogP contribution is -2.42. The number of primary sulfonamides is 1. The number of nitrogens with zero attached hydrogens (tertiary/aromatic N) is 3. The summed E-state index contributed by atoms with van der Waals surface area (Å²) in [5.41, 5.74) is 1.24. The van der Waals surface area contributed by atoms with E-state index < -0.39 is 20.2 Å². The highest BCUT2D eigenvalue weighted by atomic mass is 32.2. The first-order valence-corrected chi connectivity index (χ1v) is 13.1. The summed E-state index contributed by atoms with van der Waals surface area (Å²) in [5, 5.41) is 16.4. The van der Waals surface area contributed by atoms with Crippen LogP contribution in [0.1, 0.15) is 37.7 Å². The Morgan fingerprint density at radius 3 is 2.45 bits per heavy atom. The molecule has 1 saturated heterocycles. The first-order chi connectivity index (χ1) is 15.7. The Bertz CT molecular complexity index is 1190. The molecule has 0 aromatic heterocycles. The standard InChI is InChI=1S/C22H24N4O5S2/c23-33(30,31)19-11-9-16(10-12-19)24-22-25(17-6-2-1-3-7-17)21(27)20(32-22)14-15-5-4-8-18(13-15)26(28)29/h4-5,8-13,17,20H,1-3,6-7,14H2,(H2,23,30,31). The van der Waals surface area contributed by atoms with Crippen molar-refractivity contribution in [3.05, 3.63) is 64.2 Å². The first-order valence-electron chi connectivity index (χ1n) is 10.7. The summed E-state index contributed by atoms with van der Waals surface area (Å²) in [5.74, 6) is -0.0432. The van der Waals surface area contributed by atoms with E-state index in [1.54, 1.807) is 29.2 Å². The summed E-state index contributed by atoms with van der Waals surface area (Å²) in [6, 6.07) is 12.3. The van der Waals surface area contributed by atoms with E-state index in [1.165, 1.54) is 36.0 Å². The van der Waals surface area contributed by atoms with Crippen LogP contribution in [-0.4, -0.2) is 40.6 Å². The lowest BCUT2D eigenvalue weighted by atomic mass is 9.94. The molecule has 2 aromatic carbocycles. The molecule has 0 bridgehead atoms. The molecule has 0 radical (unpaired) electrons. The Balaban J connectivity index is 1.62. The number of carbonyl (C=O) groups is 1. The fraction of sp³-hybridized carbons (Fsp3) is 0.364. The van der Waals surface area contributed by atoms with Crippen molar-refractivity contribution >= 4 is 44.2 Å². The smallest absolute Gasteiger partial charge is 0.269 e. The van der Waals surface area contributed by atoms with Crippen molar-refractivity contribution in [2.24, 2.45) is 10.1 Å². The molecule has 1 unspecified atom stereocenters. The molecule has 1 saturated carbocycles. The molecule has 9 nitrogen and oxygen atoms in total. The molecule has 174 valence electrons. The summed E-state index contributed by atoms with van der Waals surface area (Å²) in [6.45, 7) is 0. The Labute approximate surface area is 196 Å². The molecule has 2 aliphatic rings. The van der Waals surface area contributed by atoms with Gasteiger partial charge in [0.2, 0.25) is 15.9 Å². The molecule has 1 aliphatic heterocycles. The zero-order valence-electron chi connectivity index (χ0n) is 17.8. The van der Waals surface area contributed by atoms with Crippen molar-refractivity contribution in [2.75, 3.05) is 0 Å². The van der Waals surface area contributed by atoms with Crippen molar-refractivity contribution in [1.82, 2.24) is 4.90 Å². The average molecular weight is 489 g/mol. The molecular weight excluding hydrogens is 464 g/mol. The maximum Gasteiger partial charge on any atom is 0.269 e. The Morgan fingerprint density at radius 2 is 1.82 bits per heavy atom. The fourth-order valence-electron chi connectivity index (χ4n) is 4.20. The molecule has 2 N–H and O–H groups in total. The van der Waals surface area contributed by atoms with E-state index in [9.17, 15) is 23.3 Å². The molecule has 1 amide bonds. The number of nitrogens with two attached hydrogens (primary N) is 1. The molecule has 33 heavy (non-hydrogen) atoms. The van der Waals surface area contributed by atoms with Crippen LogP contribution < -0.4 is 5.14 Å². The van der Waals surface area contributed by atoms with Crippen LogP contribution in [0.5, 0.6) is 0 Å². The second kappa shape index (κ2) is 9.62. The van der Waals surface area contributed by atoms with E-state index in [-0.39, 0.29) is 22.5 Å². The van der Waals surface area contributed by atoms with Crippen LogP contribution in [-0.2, 0) is 21.2 Å². The number of hydrogen-bond donors (Lipinski definition) is 1. The van der Waals surface area contributed by atoms with Gasteiger partial charge in [0, 0.05) is 18.2 Å². The van der Waals surface area contributed by atoms with Gasteiger partial charge in [-0.05, 0) is 49.1 Å². The monoisotopic (exact) mass is 488 g/mol.